The van der Waals surface area contributed by atoms with E-state index in [1.165, 1.54) is 0 Å². The molecule has 3 N–H and O–H groups in total. The summed E-state index contributed by atoms with van der Waals surface area (Å²) >= 11 is 0. The van der Waals surface area contributed by atoms with Crippen molar-refractivity contribution in [1.82, 2.24) is 0 Å². The Morgan fingerprint density at radius 1 is 1.67 bits per heavy atom. The lowest BCUT2D eigenvalue weighted by Gasteiger charge is -2.25. The van der Waals surface area contributed by atoms with E-state index in [1.54, 1.807) is 0 Å². The Balaban J connectivity index is 2.44. The minimum Gasteiger partial charge on any atom is -0.391 e. The first kappa shape index (κ1) is 6.78. The molecule has 2 unspecified atom stereocenters. The number of aliphatic hydroxyl groups excluding tert-OH is 1. The van der Waals surface area contributed by atoms with E-state index in [0.717, 1.165) is 18.4 Å². The SMILES string of the molecule is C=C1CCC(N)C(O)C1. The number of hydrogen-bond acceptors (Lipinski definition) is 2. The molecule has 0 spiro atoms. The standard InChI is InChI=1S/C7H13NO/c1-5-2-3-6(8)7(9)4-5/h6-7,9H,1-4,8H2. The summed E-state index contributed by atoms with van der Waals surface area (Å²) in [6.07, 6.45) is 2.23. The third-order valence-corrected chi connectivity index (χ3v) is 1.82. The van der Waals surface area contributed by atoms with Gasteiger partial charge in [0.05, 0.1) is 6.10 Å². The van der Waals surface area contributed by atoms with Crippen molar-refractivity contribution in [2.45, 2.75) is 31.4 Å². The Morgan fingerprint density at radius 2 is 2.33 bits per heavy atom. The highest BCUT2D eigenvalue weighted by Gasteiger charge is 2.20. The number of rotatable bonds is 0. The van der Waals surface area contributed by atoms with Gasteiger partial charge in [0.2, 0.25) is 0 Å². The van der Waals surface area contributed by atoms with Gasteiger partial charge in [-0.1, -0.05) is 12.2 Å². The van der Waals surface area contributed by atoms with E-state index in [2.05, 4.69) is 6.58 Å². The van der Waals surface area contributed by atoms with Gasteiger partial charge in [0, 0.05) is 6.04 Å². The first-order chi connectivity index (χ1) is 4.20. The maximum atomic E-state index is 9.16. The second-order valence-electron chi connectivity index (χ2n) is 2.72. The summed E-state index contributed by atoms with van der Waals surface area (Å²) in [5, 5.41) is 9.16. The lowest BCUT2D eigenvalue weighted by molar-refractivity contribution is 0.127. The van der Waals surface area contributed by atoms with Crippen LogP contribution in [0.1, 0.15) is 19.3 Å². The molecule has 1 aliphatic rings. The van der Waals surface area contributed by atoms with Gasteiger partial charge in [-0.2, -0.15) is 0 Å². The highest BCUT2D eigenvalue weighted by Crippen LogP contribution is 2.20. The van der Waals surface area contributed by atoms with Crippen LogP contribution in [0.15, 0.2) is 12.2 Å². The van der Waals surface area contributed by atoms with Gasteiger partial charge in [0.15, 0.2) is 0 Å². The summed E-state index contributed by atoms with van der Waals surface area (Å²) in [5.41, 5.74) is 6.68. The van der Waals surface area contributed by atoms with Crippen molar-refractivity contribution >= 4 is 0 Å². The lowest BCUT2D eigenvalue weighted by Crippen LogP contribution is -2.37. The highest BCUT2D eigenvalue weighted by atomic mass is 16.3. The third-order valence-electron chi connectivity index (χ3n) is 1.82. The van der Waals surface area contributed by atoms with Crippen LogP contribution in [-0.2, 0) is 0 Å². The Kier molecular flexibility index (Phi) is 1.88. The second kappa shape index (κ2) is 2.50. The molecule has 1 fully saturated rings. The number of aliphatic hydroxyl groups is 1. The molecular weight excluding hydrogens is 114 g/mol. The minimum absolute atomic E-state index is 0.0181. The Bertz CT molecular complexity index is 122. The zero-order valence-electron chi connectivity index (χ0n) is 5.51. The van der Waals surface area contributed by atoms with Crippen LogP contribution in [0.3, 0.4) is 0 Å². The normalized spacial score (nSPS) is 36.9. The van der Waals surface area contributed by atoms with E-state index in [1.807, 2.05) is 0 Å². The molecule has 0 aromatic rings. The predicted octanol–water partition coefficient (Wildman–Crippen LogP) is 0.415. The summed E-state index contributed by atoms with van der Waals surface area (Å²) in [4.78, 5) is 0. The van der Waals surface area contributed by atoms with Gasteiger partial charge in [0.1, 0.15) is 0 Å². The molecule has 0 heterocycles. The van der Waals surface area contributed by atoms with Crippen molar-refractivity contribution in [2.75, 3.05) is 0 Å². The van der Waals surface area contributed by atoms with Crippen LogP contribution in [0, 0.1) is 0 Å². The van der Waals surface area contributed by atoms with E-state index in [4.69, 9.17) is 10.8 Å². The molecule has 0 amide bonds. The monoisotopic (exact) mass is 127 g/mol. The van der Waals surface area contributed by atoms with Crippen LogP contribution in [0.2, 0.25) is 0 Å². The van der Waals surface area contributed by atoms with E-state index < -0.39 is 0 Å². The molecule has 52 valence electrons. The summed E-state index contributed by atoms with van der Waals surface area (Å²) in [7, 11) is 0. The summed E-state index contributed by atoms with van der Waals surface area (Å²) < 4.78 is 0. The maximum Gasteiger partial charge on any atom is 0.0728 e. The zero-order chi connectivity index (χ0) is 6.85. The Labute approximate surface area is 55.4 Å². The predicted molar refractivity (Wildman–Crippen MR) is 37.0 cm³/mol. The van der Waals surface area contributed by atoms with Gasteiger partial charge < -0.3 is 10.8 Å². The van der Waals surface area contributed by atoms with E-state index >= 15 is 0 Å². The van der Waals surface area contributed by atoms with Gasteiger partial charge in [-0.3, -0.25) is 0 Å². The van der Waals surface area contributed by atoms with E-state index in [0.29, 0.717) is 6.42 Å². The molecule has 2 nitrogen and oxygen atoms in total. The zero-order valence-corrected chi connectivity index (χ0v) is 5.51. The molecule has 9 heavy (non-hydrogen) atoms. The Morgan fingerprint density at radius 3 is 2.78 bits per heavy atom. The van der Waals surface area contributed by atoms with Gasteiger partial charge in [-0.25, -0.2) is 0 Å². The number of hydrogen-bond donors (Lipinski definition) is 2. The fourth-order valence-corrected chi connectivity index (χ4v) is 1.11. The quantitative estimate of drug-likeness (QED) is 0.463. The Hall–Kier alpha value is -0.340. The molecule has 2 atom stereocenters. The molecule has 1 rings (SSSR count). The van der Waals surface area contributed by atoms with Crippen molar-refractivity contribution in [3.05, 3.63) is 12.2 Å². The van der Waals surface area contributed by atoms with Gasteiger partial charge in [-0.05, 0) is 19.3 Å². The van der Waals surface area contributed by atoms with Crippen molar-refractivity contribution in [1.29, 1.82) is 0 Å². The molecule has 0 aliphatic heterocycles. The molecule has 0 aromatic carbocycles. The van der Waals surface area contributed by atoms with E-state index in [-0.39, 0.29) is 12.1 Å². The van der Waals surface area contributed by atoms with Crippen LogP contribution >= 0.6 is 0 Å². The second-order valence-corrected chi connectivity index (χ2v) is 2.72. The number of nitrogens with two attached hydrogens (primary N) is 1. The van der Waals surface area contributed by atoms with Crippen molar-refractivity contribution in [2.24, 2.45) is 5.73 Å². The molecule has 0 saturated heterocycles. The average molecular weight is 127 g/mol. The first-order valence-corrected chi connectivity index (χ1v) is 3.30. The lowest BCUT2D eigenvalue weighted by atomic mass is 9.90. The molecule has 0 radical (unpaired) electrons. The molecule has 0 bridgehead atoms. The van der Waals surface area contributed by atoms with Gasteiger partial charge in [0.25, 0.3) is 0 Å². The van der Waals surface area contributed by atoms with Crippen molar-refractivity contribution in [3.63, 3.8) is 0 Å². The summed E-state index contributed by atoms with van der Waals surface area (Å²) in [5.74, 6) is 0. The van der Waals surface area contributed by atoms with E-state index in [9.17, 15) is 0 Å². The molecular formula is C7H13NO. The first-order valence-electron chi connectivity index (χ1n) is 3.30. The van der Waals surface area contributed by atoms with Crippen molar-refractivity contribution in [3.8, 4) is 0 Å². The maximum absolute atomic E-state index is 9.16. The van der Waals surface area contributed by atoms with Crippen LogP contribution < -0.4 is 5.73 Å². The van der Waals surface area contributed by atoms with Crippen LogP contribution in [0.4, 0.5) is 0 Å². The average Bonchev–Trinajstić information content (AvgIpc) is 1.80. The molecule has 0 aromatic heterocycles. The van der Waals surface area contributed by atoms with Crippen LogP contribution in [-0.4, -0.2) is 17.3 Å². The van der Waals surface area contributed by atoms with Gasteiger partial charge >= 0.3 is 0 Å². The largest absolute Gasteiger partial charge is 0.391 e. The van der Waals surface area contributed by atoms with Crippen LogP contribution in [0.25, 0.3) is 0 Å². The van der Waals surface area contributed by atoms with Crippen LogP contribution in [0.5, 0.6) is 0 Å². The van der Waals surface area contributed by atoms with Gasteiger partial charge in [-0.15, -0.1) is 0 Å². The molecule has 1 saturated carbocycles. The summed E-state index contributed by atoms with van der Waals surface area (Å²) in [6, 6.07) is -0.0181. The smallest absolute Gasteiger partial charge is 0.0728 e. The highest BCUT2D eigenvalue weighted by molar-refractivity contribution is 5.03. The fourth-order valence-electron chi connectivity index (χ4n) is 1.11. The topological polar surface area (TPSA) is 46.2 Å². The fraction of sp³-hybridized carbons (Fsp3) is 0.714. The summed E-state index contributed by atoms with van der Waals surface area (Å²) in [6.45, 7) is 3.78. The minimum atomic E-state index is -0.341. The van der Waals surface area contributed by atoms with Crippen molar-refractivity contribution < 1.29 is 5.11 Å². The third kappa shape index (κ3) is 1.53. The molecule has 2 heteroatoms. The molecule has 1 aliphatic carbocycles.